The number of rotatable bonds is 3. The van der Waals surface area contributed by atoms with Gasteiger partial charge in [-0.25, -0.2) is 4.39 Å². The average molecular weight is 307 g/mol. The molecule has 0 aliphatic heterocycles. The quantitative estimate of drug-likeness (QED) is 0.908. The molecule has 2 amide bonds. The van der Waals surface area contributed by atoms with Gasteiger partial charge in [0, 0.05) is 23.2 Å². The molecule has 0 heterocycles. The van der Waals surface area contributed by atoms with Crippen molar-refractivity contribution in [1.29, 1.82) is 0 Å². The second-order valence-electron chi connectivity index (χ2n) is 4.34. The van der Waals surface area contributed by atoms with E-state index >= 15 is 0 Å². The fourth-order valence-electron chi connectivity index (χ4n) is 1.70. The molecule has 0 radical (unpaired) electrons. The Morgan fingerprint density at radius 1 is 1.05 bits per heavy atom. The average Bonchev–Trinajstić information content (AvgIpc) is 2.43. The Kier molecular flexibility index (Phi) is 4.55. The summed E-state index contributed by atoms with van der Waals surface area (Å²) < 4.78 is 13.5. The molecule has 2 rings (SSSR count). The minimum atomic E-state index is -0.567. The van der Waals surface area contributed by atoms with Crippen LogP contribution in [0.25, 0.3) is 0 Å². The molecule has 4 nitrogen and oxygen atoms in total. The summed E-state index contributed by atoms with van der Waals surface area (Å²) in [5, 5.41) is 5.36. The van der Waals surface area contributed by atoms with Crippen molar-refractivity contribution in [1.82, 2.24) is 0 Å². The van der Waals surface area contributed by atoms with Crippen molar-refractivity contribution >= 4 is 34.8 Å². The smallest absolute Gasteiger partial charge is 0.255 e. The molecule has 6 heteroatoms. The van der Waals surface area contributed by atoms with Crippen molar-refractivity contribution in [3.05, 3.63) is 58.9 Å². The van der Waals surface area contributed by atoms with Crippen LogP contribution in [0.4, 0.5) is 15.8 Å². The Morgan fingerprint density at radius 2 is 1.71 bits per heavy atom. The number of nitrogens with one attached hydrogen (secondary N) is 2. The molecule has 108 valence electrons. The summed E-state index contributed by atoms with van der Waals surface area (Å²) in [6, 6.07) is 10.1. The van der Waals surface area contributed by atoms with Gasteiger partial charge in [0.2, 0.25) is 5.91 Å². The predicted molar refractivity (Wildman–Crippen MR) is 80.1 cm³/mol. The van der Waals surface area contributed by atoms with Crippen LogP contribution in [0.1, 0.15) is 17.3 Å². The van der Waals surface area contributed by atoms with Crippen LogP contribution < -0.4 is 10.6 Å². The van der Waals surface area contributed by atoms with Crippen molar-refractivity contribution in [2.45, 2.75) is 6.92 Å². The van der Waals surface area contributed by atoms with Crippen LogP contribution in [0, 0.1) is 5.82 Å². The lowest BCUT2D eigenvalue weighted by Crippen LogP contribution is -2.13. The Morgan fingerprint density at radius 3 is 2.33 bits per heavy atom. The summed E-state index contributed by atoms with van der Waals surface area (Å²) in [5.41, 5.74) is 0.926. The van der Waals surface area contributed by atoms with Gasteiger partial charge in [-0.3, -0.25) is 9.59 Å². The molecule has 0 saturated heterocycles. The molecule has 0 aliphatic rings. The maximum atomic E-state index is 13.5. The van der Waals surface area contributed by atoms with Gasteiger partial charge in [0.25, 0.3) is 5.91 Å². The van der Waals surface area contributed by atoms with Crippen LogP contribution in [0.15, 0.2) is 42.5 Å². The molecule has 2 aromatic carbocycles. The minimum absolute atomic E-state index is 0.0124. The molecule has 0 bridgehead atoms. The van der Waals surface area contributed by atoms with Gasteiger partial charge >= 0.3 is 0 Å². The molecule has 2 aromatic rings. The number of halogens is 2. The molecular formula is C15H12ClFN2O2. The van der Waals surface area contributed by atoms with Gasteiger partial charge in [0.15, 0.2) is 0 Å². The fraction of sp³-hybridized carbons (Fsp3) is 0.0667. The zero-order valence-electron chi connectivity index (χ0n) is 11.1. The summed E-state index contributed by atoms with van der Waals surface area (Å²) in [7, 11) is 0. The molecule has 0 unspecified atom stereocenters. The first-order valence-corrected chi connectivity index (χ1v) is 6.47. The Bertz CT molecular complexity index is 687. The first kappa shape index (κ1) is 15.0. The van der Waals surface area contributed by atoms with E-state index in [2.05, 4.69) is 10.6 Å². The van der Waals surface area contributed by atoms with Gasteiger partial charge in [-0.15, -0.1) is 0 Å². The van der Waals surface area contributed by atoms with E-state index in [1.807, 2.05) is 0 Å². The van der Waals surface area contributed by atoms with Gasteiger partial charge < -0.3 is 10.6 Å². The molecule has 0 saturated carbocycles. The number of amides is 2. The lowest BCUT2D eigenvalue weighted by atomic mass is 10.2. The van der Waals surface area contributed by atoms with Crippen LogP contribution in [0.3, 0.4) is 0 Å². The second kappa shape index (κ2) is 6.37. The van der Waals surface area contributed by atoms with E-state index in [0.29, 0.717) is 16.3 Å². The zero-order valence-corrected chi connectivity index (χ0v) is 11.9. The van der Waals surface area contributed by atoms with Gasteiger partial charge in [0.1, 0.15) is 5.82 Å². The maximum absolute atomic E-state index is 13.5. The number of hydrogen-bond donors (Lipinski definition) is 2. The van der Waals surface area contributed by atoms with E-state index in [1.165, 1.54) is 37.3 Å². The van der Waals surface area contributed by atoms with Gasteiger partial charge in [-0.05, 0) is 42.5 Å². The largest absolute Gasteiger partial charge is 0.326 e. The van der Waals surface area contributed by atoms with Gasteiger partial charge in [-0.2, -0.15) is 0 Å². The molecule has 0 atom stereocenters. The summed E-state index contributed by atoms with van der Waals surface area (Å²) in [5.74, 6) is -1.23. The third kappa shape index (κ3) is 4.03. The van der Waals surface area contributed by atoms with E-state index in [-0.39, 0.29) is 11.6 Å². The third-order valence-corrected chi connectivity index (χ3v) is 2.88. The van der Waals surface area contributed by atoms with Crippen molar-refractivity contribution in [2.24, 2.45) is 0 Å². The molecule has 0 spiro atoms. The lowest BCUT2D eigenvalue weighted by molar-refractivity contribution is -0.114. The topological polar surface area (TPSA) is 58.2 Å². The standard InChI is InChI=1S/C15H12ClFN2O2/c1-9(20)18-12-5-2-10(3-6-12)15(21)19-14-8-11(16)4-7-13(14)17/h2-8H,1H3,(H,18,20)(H,19,21). The molecule has 0 aliphatic carbocycles. The van der Waals surface area contributed by atoms with E-state index in [9.17, 15) is 14.0 Å². The second-order valence-corrected chi connectivity index (χ2v) is 4.77. The van der Waals surface area contributed by atoms with Crippen LogP contribution in [-0.2, 0) is 4.79 Å². The van der Waals surface area contributed by atoms with Gasteiger partial charge in [-0.1, -0.05) is 11.6 Å². The molecule has 0 aromatic heterocycles. The highest BCUT2D eigenvalue weighted by Gasteiger charge is 2.10. The van der Waals surface area contributed by atoms with Crippen molar-refractivity contribution in [2.75, 3.05) is 10.6 Å². The van der Waals surface area contributed by atoms with Gasteiger partial charge in [0.05, 0.1) is 5.69 Å². The summed E-state index contributed by atoms with van der Waals surface area (Å²) in [6.45, 7) is 1.39. The SMILES string of the molecule is CC(=O)Nc1ccc(C(=O)Nc2cc(Cl)ccc2F)cc1. The van der Waals surface area contributed by atoms with Crippen LogP contribution in [0.5, 0.6) is 0 Å². The number of carbonyl (C=O) groups is 2. The molecule has 21 heavy (non-hydrogen) atoms. The minimum Gasteiger partial charge on any atom is -0.326 e. The highest BCUT2D eigenvalue weighted by molar-refractivity contribution is 6.31. The van der Waals surface area contributed by atoms with Crippen LogP contribution >= 0.6 is 11.6 Å². The summed E-state index contributed by atoms with van der Waals surface area (Å²) in [4.78, 5) is 22.9. The van der Waals surface area contributed by atoms with Crippen LogP contribution in [0.2, 0.25) is 5.02 Å². The first-order chi connectivity index (χ1) is 9.95. The van der Waals surface area contributed by atoms with E-state index < -0.39 is 11.7 Å². The number of hydrogen-bond acceptors (Lipinski definition) is 2. The predicted octanol–water partition coefficient (Wildman–Crippen LogP) is 3.69. The highest BCUT2D eigenvalue weighted by Crippen LogP contribution is 2.20. The third-order valence-electron chi connectivity index (χ3n) is 2.64. The zero-order chi connectivity index (χ0) is 15.4. The Labute approximate surface area is 125 Å². The number of anilines is 2. The highest BCUT2D eigenvalue weighted by atomic mass is 35.5. The van der Waals surface area contributed by atoms with Crippen molar-refractivity contribution in [3.63, 3.8) is 0 Å². The lowest BCUT2D eigenvalue weighted by Gasteiger charge is -2.08. The van der Waals surface area contributed by atoms with Crippen LogP contribution in [-0.4, -0.2) is 11.8 Å². The van der Waals surface area contributed by atoms with Crippen molar-refractivity contribution in [3.8, 4) is 0 Å². The van der Waals surface area contributed by atoms with E-state index in [0.717, 1.165) is 0 Å². The van der Waals surface area contributed by atoms with E-state index in [4.69, 9.17) is 11.6 Å². The Balaban J connectivity index is 2.13. The number of benzene rings is 2. The summed E-state index contributed by atoms with van der Waals surface area (Å²) in [6.07, 6.45) is 0. The Hall–Kier alpha value is -2.40. The monoisotopic (exact) mass is 306 g/mol. The molecule has 0 fully saturated rings. The molecular weight excluding hydrogens is 295 g/mol. The summed E-state index contributed by atoms with van der Waals surface area (Å²) >= 11 is 5.76. The normalized spacial score (nSPS) is 10.0. The van der Waals surface area contributed by atoms with E-state index in [1.54, 1.807) is 12.1 Å². The number of carbonyl (C=O) groups excluding carboxylic acids is 2. The fourth-order valence-corrected chi connectivity index (χ4v) is 1.87. The maximum Gasteiger partial charge on any atom is 0.255 e. The van der Waals surface area contributed by atoms with Crippen molar-refractivity contribution < 1.29 is 14.0 Å². The molecule has 2 N–H and O–H groups in total. The first-order valence-electron chi connectivity index (χ1n) is 6.10.